The van der Waals surface area contributed by atoms with Gasteiger partial charge in [-0.3, -0.25) is 9.40 Å². The second-order valence-electron chi connectivity index (χ2n) is 7.20. The molecule has 0 fully saturated rings. The fourth-order valence-corrected chi connectivity index (χ4v) is 4.95. The third-order valence-corrected chi connectivity index (χ3v) is 5.73. The van der Waals surface area contributed by atoms with Crippen molar-refractivity contribution in [3.63, 3.8) is 0 Å². The minimum Gasteiger partial charge on any atom is -0.308 e. The van der Waals surface area contributed by atoms with E-state index in [0.29, 0.717) is 19.8 Å². The number of hydroxylamine groups is 2. The highest BCUT2D eigenvalue weighted by Crippen LogP contribution is 2.60. The Morgan fingerprint density at radius 3 is 1.82 bits per heavy atom. The minimum absolute atomic E-state index is 0.323. The van der Waals surface area contributed by atoms with Crippen LogP contribution in [0.2, 0.25) is 0 Å². The highest BCUT2D eigenvalue weighted by Gasteiger charge is 2.51. The largest absolute Gasteiger partial charge is 0.350 e. The molecule has 5 nitrogen and oxygen atoms in total. The quantitative estimate of drug-likeness (QED) is 0.343. The zero-order chi connectivity index (χ0) is 17.6. The maximum Gasteiger partial charge on any atom is 0.350 e. The normalized spacial score (nSPS) is 15.1. The van der Waals surface area contributed by atoms with E-state index in [4.69, 9.17) is 13.9 Å². The van der Waals surface area contributed by atoms with Crippen molar-refractivity contribution in [1.29, 1.82) is 0 Å². The fraction of sp³-hybridized carbons (Fsp3) is 0.875. The average molecular weight is 335 g/mol. The van der Waals surface area contributed by atoms with E-state index in [-0.39, 0.29) is 11.0 Å². The van der Waals surface area contributed by atoms with Crippen LogP contribution in [0.25, 0.3) is 0 Å². The summed E-state index contributed by atoms with van der Waals surface area (Å²) in [5.74, 6) is -0.528. The Morgan fingerprint density at radius 2 is 1.55 bits per heavy atom. The van der Waals surface area contributed by atoms with Gasteiger partial charge in [-0.2, -0.15) is 5.06 Å². The molecule has 0 aliphatic heterocycles. The third kappa shape index (κ3) is 6.13. The first-order valence-corrected chi connectivity index (χ1v) is 9.47. The van der Waals surface area contributed by atoms with E-state index in [0.717, 1.165) is 0 Å². The van der Waals surface area contributed by atoms with E-state index in [1.54, 1.807) is 11.1 Å². The van der Waals surface area contributed by atoms with Crippen molar-refractivity contribution in [1.82, 2.24) is 5.06 Å². The summed E-state index contributed by atoms with van der Waals surface area (Å²) >= 11 is 0. The molecule has 0 heterocycles. The van der Waals surface area contributed by atoms with Crippen LogP contribution in [-0.4, -0.2) is 36.2 Å². The maximum absolute atomic E-state index is 13.4. The van der Waals surface area contributed by atoms with Crippen molar-refractivity contribution in [2.45, 2.75) is 66.7 Å². The van der Waals surface area contributed by atoms with Gasteiger partial charge >= 0.3 is 7.60 Å². The van der Waals surface area contributed by atoms with Crippen molar-refractivity contribution >= 4 is 7.60 Å². The molecule has 0 amide bonds. The van der Waals surface area contributed by atoms with E-state index >= 15 is 0 Å². The minimum atomic E-state index is -3.38. The molecular formula is C16H34NO4P. The highest BCUT2D eigenvalue weighted by atomic mass is 31.2. The van der Waals surface area contributed by atoms with Gasteiger partial charge in [0.15, 0.2) is 0 Å². The van der Waals surface area contributed by atoms with Crippen LogP contribution >= 0.6 is 7.60 Å². The monoisotopic (exact) mass is 335 g/mol. The molecule has 0 aliphatic carbocycles. The lowest BCUT2D eigenvalue weighted by Crippen LogP contribution is -2.53. The van der Waals surface area contributed by atoms with Gasteiger partial charge in [0, 0.05) is 5.54 Å². The topological polar surface area (TPSA) is 48.0 Å². The molecule has 0 rings (SSSR count). The predicted octanol–water partition coefficient (Wildman–Crippen LogP) is 4.84. The summed E-state index contributed by atoms with van der Waals surface area (Å²) in [6.07, 6.45) is 1.67. The summed E-state index contributed by atoms with van der Waals surface area (Å²) in [5, 5.41) is 1.75. The Hall–Kier alpha value is -0.190. The lowest BCUT2D eigenvalue weighted by atomic mass is 9.94. The summed E-state index contributed by atoms with van der Waals surface area (Å²) in [4.78, 5) is 5.87. The Balaban J connectivity index is 5.93. The van der Waals surface area contributed by atoms with E-state index in [1.165, 1.54) is 0 Å². The summed E-state index contributed by atoms with van der Waals surface area (Å²) < 4.78 is 24.6. The molecule has 22 heavy (non-hydrogen) atoms. The van der Waals surface area contributed by atoms with Crippen LogP contribution in [0, 0.1) is 5.41 Å². The Labute approximate surface area is 136 Å². The Bertz CT molecular complexity index is 375. The molecule has 1 atom stereocenters. The zero-order valence-corrected chi connectivity index (χ0v) is 16.4. The third-order valence-electron chi connectivity index (χ3n) is 2.91. The van der Waals surface area contributed by atoms with Crippen LogP contribution in [0.4, 0.5) is 0 Å². The number of rotatable bonds is 9. The van der Waals surface area contributed by atoms with E-state index in [9.17, 15) is 4.57 Å². The fourth-order valence-electron chi connectivity index (χ4n) is 2.26. The molecule has 0 aliphatic rings. The first-order chi connectivity index (χ1) is 9.94. The summed E-state index contributed by atoms with van der Waals surface area (Å²) in [5.41, 5.74) is -0.737. The maximum atomic E-state index is 13.4. The predicted molar refractivity (Wildman–Crippen MR) is 91.8 cm³/mol. The van der Waals surface area contributed by atoms with Gasteiger partial charge in [-0.15, -0.1) is 6.58 Å². The molecule has 132 valence electrons. The molecule has 0 spiro atoms. The van der Waals surface area contributed by atoms with Crippen LogP contribution < -0.4 is 0 Å². The Morgan fingerprint density at radius 1 is 1.09 bits per heavy atom. The van der Waals surface area contributed by atoms with Crippen LogP contribution in [0.5, 0.6) is 0 Å². The number of hydrogen-bond donors (Lipinski definition) is 0. The van der Waals surface area contributed by atoms with E-state index in [1.807, 2.05) is 55.4 Å². The molecule has 0 saturated heterocycles. The summed E-state index contributed by atoms with van der Waals surface area (Å²) in [6.45, 7) is 20.4. The second-order valence-corrected chi connectivity index (χ2v) is 9.28. The first-order valence-electron chi connectivity index (χ1n) is 7.86. The van der Waals surface area contributed by atoms with Gasteiger partial charge in [0.1, 0.15) is 5.78 Å². The van der Waals surface area contributed by atoms with Crippen molar-refractivity contribution < 1.29 is 18.5 Å². The molecule has 0 aromatic rings. The van der Waals surface area contributed by atoms with Gasteiger partial charge in [0.25, 0.3) is 0 Å². The summed E-state index contributed by atoms with van der Waals surface area (Å²) in [7, 11) is -3.38. The average Bonchev–Trinajstić information content (AvgIpc) is 2.31. The molecule has 0 bridgehead atoms. The van der Waals surface area contributed by atoms with Crippen LogP contribution in [0.15, 0.2) is 12.7 Å². The smallest absolute Gasteiger partial charge is 0.308 e. The molecule has 1 unspecified atom stereocenters. The van der Waals surface area contributed by atoms with E-state index in [2.05, 4.69) is 6.58 Å². The molecule has 0 aromatic heterocycles. The molecule has 6 heteroatoms. The van der Waals surface area contributed by atoms with Crippen LogP contribution in [0.1, 0.15) is 55.4 Å². The highest BCUT2D eigenvalue weighted by molar-refractivity contribution is 7.54. The standard InChI is InChI=1S/C16H34NO4P/c1-10-13-19-17(16(7,8)9)14(15(4,5)6)22(18,20-11-2)21-12-3/h10,14H,1,11-13H2,2-9H3. The first kappa shape index (κ1) is 21.8. The number of hydrogen-bond acceptors (Lipinski definition) is 5. The van der Waals surface area contributed by atoms with Crippen molar-refractivity contribution in [2.24, 2.45) is 5.41 Å². The summed E-state index contributed by atoms with van der Waals surface area (Å²) in [6, 6.07) is 0. The van der Waals surface area contributed by atoms with Gasteiger partial charge in [-0.25, -0.2) is 0 Å². The van der Waals surface area contributed by atoms with Crippen molar-refractivity contribution in [2.75, 3.05) is 19.8 Å². The van der Waals surface area contributed by atoms with Gasteiger partial charge in [-0.1, -0.05) is 26.8 Å². The van der Waals surface area contributed by atoms with Gasteiger partial charge in [-0.05, 0) is 40.0 Å². The molecular weight excluding hydrogens is 301 g/mol. The van der Waals surface area contributed by atoms with Gasteiger partial charge < -0.3 is 9.05 Å². The lowest BCUT2D eigenvalue weighted by Gasteiger charge is -2.47. The van der Waals surface area contributed by atoms with Crippen LogP contribution in [0.3, 0.4) is 0 Å². The van der Waals surface area contributed by atoms with E-state index < -0.39 is 13.4 Å². The zero-order valence-electron chi connectivity index (χ0n) is 15.5. The van der Waals surface area contributed by atoms with Gasteiger partial charge in [0.2, 0.25) is 0 Å². The Kier molecular flexibility index (Phi) is 8.53. The van der Waals surface area contributed by atoms with Crippen molar-refractivity contribution in [3.05, 3.63) is 12.7 Å². The molecule has 0 radical (unpaired) electrons. The molecule has 0 saturated carbocycles. The van der Waals surface area contributed by atoms with Crippen LogP contribution in [-0.2, 0) is 18.5 Å². The molecule has 0 aromatic carbocycles. The SMILES string of the molecule is C=CCON(C(C(C)(C)C)P(=O)(OCC)OCC)C(C)(C)C. The van der Waals surface area contributed by atoms with Gasteiger partial charge in [0.05, 0.1) is 19.8 Å². The van der Waals surface area contributed by atoms with Crippen molar-refractivity contribution in [3.8, 4) is 0 Å². The number of nitrogens with zero attached hydrogens (tertiary/aromatic N) is 1. The lowest BCUT2D eigenvalue weighted by molar-refractivity contribution is -0.230. The second kappa shape index (κ2) is 8.60. The molecule has 0 N–H and O–H groups in total.